The maximum absolute atomic E-state index is 12.5. The van der Waals surface area contributed by atoms with Crippen LogP contribution < -0.4 is 9.47 Å². The van der Waals surface area contributed by atoms with Crippen LogP contribution in [0.25, 0.3) is 6.08 Å². The van der Waals surface area contributed by atoms with Crippen LogP contribution in [0.3, 0.4) is 0 Å². The summed E-state index contributed by atoms with van der Waals surface area (Å²) in [6, 6.07) is 11.5. The van der Waals surface area contributed by atoms with Crippen molar-refractivity contribution in [1.29, 1.82) is 0 Å². The predicted octanol–water partition coefficient (Wildman–Crippen LogP) is 4.17. The number of hydrogen-bond acceptors (Lipinski definition) is 6. The number of ether oxygens (including phenoxy) is 2. The van der Waals surface area contributed by atoms with Crippen LogP contribution in [0.1, 0.15) is 5.56 Å². The number of methoxy groups -OCH3 is 1. The first kappa shape index (κ1) is 19.1. The molecule has 0 unspecified atom stereocenters. The highest BCUT2D eigenvalue weighted by Crippen LogP contribution is 2.34. The normalized spacial score (nSPS) is 15.5. The lowest BCUT2D eigenvalue weighted by Crippen LogP contribution is -2.32. The standard InChI is InChI=1S/C19H16ClNO5S/c1-25-15-6-7-16(22)12(10-15)11-17-18(23)21(19(24)27-17)8-9-26-14-4-2-13(20)3-5-14/h2-7,10-11,22H,8-9H2,1H3/b17-11-. The van der Waals surface area contributed by atoms with E-state index in [1.54, 1.807) is 36.4 Å². The van der Waals surface area contributed by atoms with Crippen LogP contribution in [-0.2, 0) is 4.79 Å². The van der Waals surface area contributed by atoms with Crippen molar-refractivity contribution in [2.45, 2.75) is 0 Å². The van der Waals surface area contributed by atoms with Gasteiger partial charge >= 0.3 is 0 Å². The van der Waals surface area contributed by atoms with Crippen LogP contribution in [0.15, 0.2) is 47.4 Å². The summed E-state index contributed by atoms with van der Waals surface area (Å²) in [6.45, 7) is 0.284. The van der Waals surface area contributed by atoms with E-state index in [2.05, 4.69) is 0 Å². The number of rotatable bonds is 6. The van der Waals surface area contributed by atoms with Crippen molar-refractivity contribution in [2.75, 3.05) is 20.3 Å². The van der Waals surface area contributed by atoms with Gasteiger partial charge in [0.2, 0.25) is 0 Å². The number of carbonyl (C=O) groups excluding carboxylic acids is 2. The van der Waals surface area contributed by atoms with Crippen molar-refractivity contribution < 1.29 is 24.2 Å². The second-order valence-electron chi connectivity index (χ2n) is 5.56. The van der Waals surface area contributed by atoms with Gasteiger partial charge in [0, 0.05) is 10.6 Å². The van der Waals surface area contributed by atoms with Gasteiger partial charge in [-0.25, -0.2) is 0 Å². The number of halogens is 1. The van der Waals surface area contributed by atoms with Crippen molar-refractivity contribution in [3.63, 3.8) is 0 Å². The fraction of sp³-hybridized carbons (Fsp3) is 0.158. The van der Waals surface area contributed by atoms with Gasteiger partial charge < -0.3 is 14.6 Å². The Kier molecular flexibility index (Phi) is 5.93. The summed E-state index contributed by atoms with van der Waals surface area (Å²) < 4.78 is 10.6. The number of thioether (sulfide) groups is 1. The molecule has 8 heteroatoms. The summed E-state index contributed by atoms with van der Waals surface area (Å²) in [7, 11) is 1.50. The molecule has 0 aliphatic carbocycles. The molecule has 3 rings (SSSR count). The Labute approximate surface area is 165 Å². The van der Waals surface area contributed by atoms with Crippen molar-refractivity contribution >= 4 is 40.6 Å². The smallest absolute Gasteiger partial charge is 0.293 e. The SMILES string of the molecule is COc1ccc(O)c(/C=C2\SC(=O)N(CCOc3ccc(Cl)cc3)C2=O)c1. The van der Waals surface area contributed by atoms with Gasteiger partial charge in [0.25, 0.3) is 11.1 Å². The lowest BCUT2D eigenvalue weighted by atomic mass is 10.1. The molecule has 0 bridgehead atoms. The molecule has 1 fully saturated rings. The number of carbonyl (C=O) groups is 2. The Bertz CT molecular complexity index is 897. The largest absolute Gasteiger partial charge is 0.507 e. The number of benzene rings is 2. The molecule has 0 radical (unpaired) electrons. The van der Waals surface area contributed by atoms with E-state index in [0.717, 1.165) is 16.7 Å². The molecule has 2 aromatic carbocycles. The number of phenols is 1. The highest BCUT2D eigenvalue weighted by molar-refractivity contribution is 8.18. The van der Waals surface area contributed by atoms with E-state index in [1.165, 1.54) is 19.3 Å². The maximum atomic E-state index is 12.5. The Morgan fingerprint density at radius 2 is 1.85 bits per heavy atom. The van der Waals surface area contributed by atoms with Gasteiger partial charge in [-0.3, -0.25) is 14.5 Å². The highest BCUT2D eigenvalue weighted by atomic mass is 35.5. The van der Waals surface area contributed by atoms with Gasteiger partial charge in [-0.15, -0.1) is 0 Å². The zero-order chi connectivity index (χ0) is 19.4. The van der Waals surface area contributed by atoms with E-state index in [1.807, 2.05) is 0 Å². The number of amides is 2. The van der Waals surface area contributed by atoms with Gasteiger partial charge in [-0.1, -0.05) is 11.6 Å². The second kappa shape index (κ2) is 8.37. The highest BCUT2D eigenvalue weighted by Gasteiger charge is 2.35. The van der Waals surface area contributed by atoms with Crippen molar-refractivity contribution in [1.82, 2.24) is 4.90 Å². The summed E-state index contributed by atoms with van der Waals surface area (Å²) in [5.41, 5.74) is 0.400. The van der Waals surface area contributed by atoms with Gasteiger partial charge in [0.1, 0.15) is 23.9 Å². The molecule has 0 atom stereocenters. The minimum atomic E-state index is -0.424. The van der Waals surface area contributed by atoms with E-state index in [0.29, 0.717) is 22.1 Å². The molecule has 2 amide bonds. The monoisotopic (exact) mass is 405 g/mol. The lowest BCUT2D eigenvalue weighted by molar-refractivity contribution is -0.123. The third-order valence-corrected chi connectivity index (χ3v) is 4.95. The van der Waals surface area contributed by atoms with Crippen molar-refractivity contribution in [2.24, 2.45) is 0 Å². The van der Waals surface area contributed by atoms with E-state index >= 15 is 0 Å². The maximum Gasteiger partial charge on any atom is 0.293 e. The topological polar surface area (TPSA) is 76.1 Å². The molecule has 6 nitrogen and oxygen atoms in total. The molecule has 27 heavy (non-hydrogen) atoms. The fourth-order valence-corrected chi connectivity index (χ4v) is 3.38. The molecule has 140 valence electrons. The van der Waals surface area contributed by atoms with Crippen LogP contribution >= 0.6 is 23.4 Å². The zero-order valence-corrected chi connectivity index (χ0v) is 15.9. The Morgan fingerprint density at radius 1 is 1.15 bits per heavy atom. The summed E-state index contributed by atoms with van der Waals surface area (Å²) in [6.07, 6.45) is 1.48. The average molecular weight is 406 g/mol. The van der Waals surface area contributed by atoms with Crippen molar-refractivity contribution in [3.8, 4) is 17.2 Å². The van der Waals surface area contributed by atoms with Crippen LogP contribution in [0, 0.1) is 0 Å². The molecule has 2 aromatic rings. The molecule has 0 spiro atoms. The third-order valence-electron chi connectivity index (χ3n) is 3.79. The number of phenolic OH excluding ortho intramolecular Hbond substituents is 1. The first-order chi connectivity index (χ1) is 13.0. The number of nitrogens with zero attached hydrogens (tertiary/aromatic N) is 1. The van der Waals surface area contributed by atoms with E-state index in [-0.39, 0.29) is 29.0 Å². The summed E-state index contributed by atoms with van der Waals surface area (Å²) >= 11 is 6.63. The van der Waals surface area contributed by atoms with Gasteiger partial charge in [-0.05, 0) is 60.3 Å². The predicted molar refractivity (Wildman–Crippen MR) is 104 cm³/mol. The van der Waals surface area contributed by atoms with E-state index in [9.17, 15) is 14.7 Å². The van der Waals surface area contributed by atoms with Crippen molar-refractivity contribution in [3.05, 3.63) is 58.0 Å². The van der Waals surface area contributed by atoms with E-state index in [4.69, 9.17) is 21.1 Å². The second-order valence-corrected chi connectivity index (χ2v) is 6.99. The quantitative estimate of drug-likeness (QED) is 0.727. The Hall–Kier alpha value is -2.64. The number of aromatic hydroxyl groups is 1. The van der Waals surface area contributed by atoms with Crippen LogP contribution in [0.2, 0.25) is 5.02 Å². The Morgan fingerprint density at radius 3 is 2.56 bits per heavy atom. The number of hydrogen-bond donors (Lipinski definition) is 1. The van der Waals surface area contributed by atoms with Crippen LogP contribution in [0.5, 0.6) is 17.2 Å². The molecule has 1 aliphatic heterocycles. The summed E-state index contributed by atoms with van der Waals surface area (Å²) in [4.78, 5) is 26.0. The summed E-state index contributed by atoms with van der Waals surface area (Å²) in [5, 5.41) is 10.2. The zero-order valence-electron chi connectivity index (χ0n) is 14.3. The fourth-order valence-electron chi connectivity index (χ4n) is 2.39. The third kappa shape index (κ3) is 4.56. The number of imide groups is 1. The molecule has 1 N–H and O–H groups in total. The van der Waals surface area contributed by atoms with Gasteiger partial charge in [0.05, 0.1) is 18.6 Å². The molecular weight excluding hydrogens is 390 g/mol. The minimum Gasteiger partial charge on any atom is -0.507 e. The summed E-state index contributed by atoms with van der Waals surface area (Å²) in [5.74, 6) is 0.707. The molecule has 1 saturated heterocycles. The van der Waals surface area contributed by atoms with Crippen LogP contribution in [-0.4, -0.2) is 41.4 Å². The minimum absolute atomic E-state index is 0.00586. The average Bonchev–Trinajstić information content (AvgIpc) is 2.92. The first-order valence-corrected chi connectivity index (χ1v) is 9.18. The van der Waals surface area contributed by atoms with Crippen LogP contribution in [0.4, 0.5) is 4.79 Å². The molecule has 0 aromatic heterocycles. The molecule has 1 aliphatic rings. The Balaban J connectivity index is 1.67. The van der Waals surface area contributed by atoms with Gasteiger partial charge in [-0.2, -0.15) is 0 Å². The molecule has 1 heterocycles. The van der Waals surface area contributed by atoms with Gasteiger partial charge in [0.15, 0.2) is 0 Å². The lowest BCUT2D eigenvalue weighted by Gasteiger charge is -2.13. The van der Waals surface area contributed by atoms with E-state index < -0.39 is 5.91 Å². The molecule has 0 saturated carbocycles. The first-order valence-electron chi connectivity index (χ1n) is 7.98. The molecular formula is C19H16ClNO5S.